The van der Waals surface area contributed by atoms with E-state index in [0.29, 0.717) is 28.1 Å². The highest BCUT2D eigenvalue weighted by molar-refractivity contribution is 9.10. The molecule has 0 saturated heterocycles. The average Bonchev–Trinajstić information content (AvgIpc) is 2.71. The topological polar surface area (TPSA) is 97.3 Å². The number of carbonyl (C=O) groups excluding carboxylic acids is 1. The normalized spacial score (nSPS) is 11.2. The van der Waals surface area contributed by atoms with Gasteiger partial charge in [0.25, 0.3) is 5.91 Å². The molecule has 0 aliphatic carbocycles. The first-order valence-electron chi connectivity index (χ1n) is 8.82. The number of anilines is 1. The van der Waals surface area contributed by atoms with Gasteiger partial charge in [-0.15, -0.1) is 0 Å². The van der Waals surface area contributed by atoms with E-state index in [0.717, 1.165) is 22.7 Å². The highest BCUT2D eigenvalue weighted by Gasteiger charge is 2.20. The molecular formula is C20H21BrFN3O5S. The highest BCUT2D eigenvalue weighted by atomic mass is 79.9. The van der Waals surface area contributed by atoms with Crippen molar-refractivity contribution in [3.8, 4) is 11.5 Å². The molecule has 1 amide bonds. The molecule has 2 aromatic rings. The van der Waals surface area contributed by atoms with Gasteiger partial charge in [-0.25, -0.2) is 18.2 Å². The van der Waals surface area contributed by atoms with Gasteiger partial charge in [-0.3, -0.25) is 9.10 Å². The maximum atomic E-state index is 13.1. The molecule has 0 saturated carbocycles. The lowest BCUT2D eigenvalue weighted by molar-refractivity contribution is -0.119. The lowest BCUT2D eigenvalue weighted by Crippen LogP contribution is -2.39. The fourth-order valence-electron chi connectivity index (χ4n) is 2.45. The van der Waals surface area contributed by atoms with Crippen LogP contribution in [0.2, 0.25) is 0 Å². The number of rotatable bonds is 10. The summed E-state index contributed by atoms with van der Waals surface area (Å²) in [5, 5.41) is 3.85. The van der Waals surface area contributed by atoms with Gasteiger partial charge in [-0.05, 0) is 57.9 Å². The summed E-state index contributed by atoms with van der Waals surface area (Å²) in [5.41, 5.74) is 3.02. The average molecular weight is 514 g/mol. The summed E-state index contributed by atoms with van der Waals surface area (Å²) in [5.74, 6) is -0.257. The van der Waals surface area contributed by atoms with Crippen molar-refractivity contribution in [3.63, 3.8) is 0 Å². The Kier molecular flexibility index (Phi) is 8.57. The fourth-order valence-corrected chi connectivity index (χ4v) is 3.88. The second-order valence-corrected chi connectivity index (χ2v) is 8.93. The molecule has 31 heavy (non-hydrogen) atoms. The number of amides is 1. The van der Waals surface area contributed by atoms with Crippen molar-refractivity contribution in [1.29, 1.82) is 0 Å². The highest BCUT2D eigenvalue weighted by Crippen LogP contribution is 2.36. The van der Waals surface area contributed by atoms with Crippen molar-refractivity contribution in [2.24, 2.45) is 5.10 Å². The van der Waals surface area contributed by atoms with E-state index in [1.54, 1.807) is 18.2 Å². The molecule has 166 valence electrons. The second-order valence-electron chi connectivity index (χ2n) is 6.17. The Morgan fingerprint density at radius 3 is 2.58 bits per heavy atom. The molecule has 0 atom stereocenters. The third kappa shape index (κ3) is 7.07. The Morgan fingerprint density at radius 1 is 1.32 bits per heavy atom. The van der Waals surface area contributed by atoms with Crippen LogP contribution in [0.3, 0.4) is 0 Å². The van der Waals surface area contributed by atoms with Crippen LogP contribution in [0.5, 0.6) is 11.5 Å². The summed E-state index contributed by atoms with van der Waals surface area (Å²) in [6, 6.07) is 8.12. The van der Waals surface area contributed by atoms with Crippen molar-refractivity contribution < 1.29 is 27.1 Å². The predicted octanol–water partition coefficient (Wildman–Crippen LogP) is 3.08. The van der Waals surface area contributed by atoms with Gasteiger partial charge in [-0.2, -0.15) is 5.10 Å². The molecule has 1 N–H and O–H groups in total. The smallest absolute Gasteiger partial charge is 0.260 e. The molecular weight excluding hydrogens is 493 g/mol. The fraction of sp³-hybridized carbons (Fsp3) is 0.200. The molecule has 8 nitrogen and oxygen atoms in total. The molecule has 0 fully saturated rings. The van der Waals surface area contributed by atoms with Crippen LogP contribution >= 0.6 is 15.9 Å². The first-order valence-corrected chi connectivity index (χ1v) is 11.5. The number of hydrogen-bond donors (Lipinski definition) is 1. The Hall–Kier alpha value is -2.92. The number of nitrogens with zero attached hydrogens (tertiary/aromatic N) is 2. The summed E-state index contributed by atoms with van der Waals surface area (Å²) in [6.45, 7) is 3.36. The summed E-state index contributed by atoms with van der Waals surface area (Å²) in [4.78, 5) is 12.2. The number of ether oxygens (including phenoxy) is 2. The van der Waals surface area contributed by atoms with Gasteiger partial charge in [0.2, 0.25) is 10.0 Å². The van der Waals surface area contributed by atoms with E-state index in [1.807, 2.05) is 0 Å². The van der Waals surface area contributed by atoms with Crippen LogP contribution < -0.4 is 19.2 Å². The number of hydrogen-bond acceptors (Lipinski definition) is 6. The van der Waals surface area contributed by atoms with Gasteiger partial charge in [0.05, 0.1) is 29.7 Å². The number of methoxy groups -OCH3 is 1. The Balaban J connectivity index is 2.11. The van der Waals surface area contributed by atoms with E-state index in [9.17, 15) is 17.6 Å². The molecule has 0 aliphatic rings. The summed E-state index contributed by atoms with van der Waals surface area (Å²) >= 11 is 3.39. The zero-order valence-corrected chi connectivity index (χ0v) is 19.2. The van der Waals surface area contributed by atoms with Crippen LogP contribution in [-0.2, 0) is 14.8 Å². The number of hydrazone groups is 1. The van der Waals surface area contributed by atoms with E-state index >= 15 is 0 Å². The van der Waals surface area contributed by atoms with E-state index in [4.69, 9.17) is 9.47 Å². The zero-order valence-electron chi connectivity index (χ0n) is 16.8. The van der Waals surface area contributed by atoms with E-state index in [-0.39, 0.29) is 5.69 Å². The van der Waals surface area contributed by atoms with Crippen molar-refractivity contribution in [2.45, 2.75) is 0 Å². The number of nitrogens with one attached hydrogen (secondary N) is 1. The number of halogens is 2. The standard InChI is InChI=1S/C20H21BrFN3O5S/c1-4-9-30-20-17(21)10-14(11-18(20)29-2)12-23-24-19(26)13-25(31(3,27)28)16-7-5-15(22)6-8-16/h4-8,10-12H,1,9,13H2,2-3H3,(H,24,26). The van der Waals surface area contributed by atoms with Crippen molar-refractivity contribution in [2.75, 3.05) is 30.8 Å². The minimum Gasteiger partial charge on any atom is -0.493 e. The lowest BCUT2D eigenvalue weighted by atomic mass is 10.2. The lowest BCUT2D eigenvalue weighted by Gasteiger charge is -2.21. The zero-order chi connectivity index (χ0) is 23.0. The van der Waals surface area contributed by atoms with Gasteiger partial charge in [0, 0.05) is 0 Å². The third-order valence-corrected chi connectivity index (χ3v) is 5.53. The van der Waals surface area contributed by atoms with Crippen LogP contribution in [0.4, 0.5) is 10.1 Å². The molecule has 0 aromatic heterocycles. The largest absolute Gasteiger partial charge is 0.493 e. The maximum Gasteiger partial charge on any atom is 0.260 e. The summed E-state index contributed by atoms with van der Waals surface area (Å²) in [7, 11) is -2.29. The third-order valence-electron chi connectivity index (χ3n) is 3.80. The SMILES string of the molecule is C=CCOc1c(Br)cc(C=NNC(=O)CN(c2ccc(F)cc2)S(C)(=O)=O)cc1OC. The molecule has 0 bridgehead atoms. The van der Waals surface area contributed by atoms with Crippen LogP contribution in [0.1, 0.15) is 5.56 Å². The molecule has 0 radical (unpaired) electrons. The molecule has 0 aliphatic heterocycles. The number of benzene rings is 2. The molecule has 0 unspecified atom stereocenters. The summed E-state index contributed by atoms with van der Waals surface area (Å²) in [6.07, 6.45) is 3.92. The maximum absolute atomic E-state index is 13.1. The predicted molar refractivity (Wildman–Crippen MR) is 121 cm³/mol. The Labute approximate surface area is 188 Å². The first kappa shape index (κ1) is 24.4. The summed E-state index contributed by atoms with van der Waals surface area (Å²) < 4.78 is 49.5. The first-order chi connectivity index (χ1) is 14.7. The molecule has 0 heterocycles. The Morgan fingerprint density at radius 2 is 2.00 bits per heavy atom. The van der Waals surface area contributed by atoms with Crippen LogP contribution in [0.15, 0.2) is 58.6 Å². The molecule has 2 aromatic carbocycles. The minimum atomic E-state index is -3.78. The number of sulfonamides is 1. The van der Waals surface area contributed by atoms with Crippen LogP contribution in [-0.4, -0.2) is 47.1 Å². The molecule has 11 heteroatoms. The number of carbonyl (C=O) groups is 1. The van der Waals surface area contributed by atoms with E-state index in [2.05, 4.69) is 33.0 Å². The van der Waals surface area contributed by atoms with Crippen molar-refractivity contribution >= 4 is 43.8 Å². The monoisotopic (exact) mass is 513 g/mol. The van der Waals surface area contributed by atoms with Crippen molar-refractivity contribution in [3.05, 3.63) is 64.9 Å². The van der Waals surface area contributed by atoms with Crippen molar-refractivity contribution in [1.82, 2.24) is 5.43 Å². The minimum absolute atomic E-state index is 0.159. The van der Waals surface area contributed by atoms with Gasteiger partial charge in [-0.1, -0.05) is 12.7 Å². The van der Waals surface area contributed by atoms with Gasteiger partial charge in [0.1, 0.15) is 19.0 Å². The molecule has 2 rings (SSSR count). The van der Waals surface area contributed by atoms with E-state index < -0.39 is 28.3 Å². The van der Waals surface area contributed by atoms with Crippen LogP contribution in [0.25, 0.3) is 0 Å². The molecule has 0 spiro atoms. The quantitative estimate of drug-likeness (QED) is 0.299. The van der Waals surface area contributed by atoms with Gasteiger partial charge >= 0.3 is 0 Å². The second kappa shape index (κ2) is 10.9. The van der Waals surface area contributed by atoms with E-state index in [1.165, 1.54) is 25.5 Å². The van der Waals surface area contributed by atoms with Crippen LogP contribution in [0, 0.1) is 5.82 Å². The van der Waals surface area contributed by atoms with Gasteiger partial charge < -0.3 is 9.47 Å². The van der Waals surface area contributed by atoms with Gasteiger partial charge in [0.15, 0.2) is 11.5 Å². The Bertz CT molecular complexity index is 1070.